The van der Waals surface area contributed by atoms with Crippen molar-refractivity contribution in [1.82, 2.24) is 5.32 Å². The van der Waals surface area contributed by atoms with Crippen molar-refractivity contribution in [2.75, 3.05) is 19.3 Å². The van der Waals surface area contributed by atoms with Crippen molar-refractivity contribution in [3.8, 4) is 5.75 Å². The number of carbonyl (C=O) groups is 5. The molecular weight excluding hydrogens is 589 g/mol. The molecular formula is C32H40NO10P. The maximum Gasteiger partial charge on any atom is 0.381 e. The van der Waals surface area contributed by atoms with E-state index in [4.69, 9.17) is 13.8 Å². The number of hydrogen-bond acceptors (Lipinski definition) is 9. The highest BCUT2D eigenvalue weighted by Crippen LogP contribution is 2.49. The lowest BCUT2D eigenvalue weighted by atomic mass is 9.88. The Morgan fingerprint density at radius 2 is 1.80 bits per heavy atom. The number of ketones is 2. The highest BCUT2D eigenvalue weighted by atomic mass is 31.2. The molecule has 0 radical (unpaired) electrons. The zero-order valence-electron chi connectivity index (χ0n) is 25.3. The molecule has 0 heterocycles. The summed E-state index contributed by atoms with van der Waals surface area (Å²) in [5, 5.41) is 12.2. The Kier molecular flexibility index (Phi) is 12.8. The van der Waals surface area contributed by atoms with E-state index in [1.165, 1.54) is 13.8 Å². The SMILES string of the molecule is CCOC(=O)[C@@H](C)OP(=O)(CCNC(=O)CCC(=O)c1cc(CC2CCCC2=O)ccc1C(C)C(=O)O)Oc1ccccc1. The van der Waals surface area contributed by atoms with Crippen LogP contribution in [0, 0.1) is 5.92 Å². The van der Waals surface area contributed by atoms with Gasteiger partial charge < -0.3 is 19.7 Å². The van der Waals surface area contributed by atoms with Gasteiger partial charge in [0.15, 0.2) is 11.9 Å². The van der Waals surface area contributed by atoms with Gasteiger partial charge in [-0.1, -0.05) is 30.3 Å². The molecule has 44 heavy (non-hydrogen) atoms. The first-order valence-electron chi connectivity index (χ1n) is 14.8. The van der Waals surface area contributed by atoms with Gasteiger partial charge in [0.05, 0.1) is 18.7 Å². The van der Waals surface area contributed by atoms with Gasteiger partial charge in [-0.2, -0.15) is 0 Å². The third kappa shape index (κ3) is 10.1. The first kappa shape index (κ1) is 34.7. The van der Waals surface area contributed by atoms with Crippen molar-refractivity contribution in [2.24, 2.45) is 5.92 Å². The lowest BCUT2D eigenvalue weighted by Crippen LogP contribution is -2.29. The number of esters is 1. The maximum absolute atomic E-state index is 13.5. The Balaban J connectivity index is 1.63. The summed E-state index contributed by atoms with van der Waals surface area (Å²) in [6.45, 7) is 4.50. The predicted molar refractivity (Wildman–Crippen MR) is 162 cm³/mol. The Labute approximate surface area is 257 Å². The largest absolute Gasteiger partial charge is 0.481 e. The Morgan fingerprint density at radius 1 is 1.07 bits per heavy atom. The molecule has 1 aliphatic rings. The second kappa shape index (κ2) is 16.3. The standard InChI is InChI=1S/C32H40NO10P/c1-4-41-32(39)22(3)42-44(40,43-25-10-6-5-7-11-25)18-17-33-30(36)16-15-29(35)27-20-23(19-24-9-8-12-28(24)34)13-14-26(27)21(2)31(37)38/h5-7,10-11,13-14,20-22,24H,4,8-9,12,15-19H2,1-3H3,(H,33,36)(H,37,38)/t21?,22-,24?,44?/m1/s1. The van der Waals surface area contributed by atoms with Gasteiger partial charge in [0.2, 0.25) is 5.91 Å². The molecule has 0 aromatic heterocycles. The Bertz CT molecular complexity index is 1390. The fourth-order valence-corrected chi connectivity index (χ4v) is 6.59. The van der Waals surface area contributed by atoms with Crippen molar-refractivity contribution in [1.29, 1.82) is 0 Å². The van der Waals surface area contributed by atoms with Gasteiger partial charge in [-0.25, -0.2) is 9.36 Å². The first-order valence-corrected chi connectivity index (χ1v) is 16.5. The Morgan fingerprint density at radius 3 is 2.43 bits per heavy atom. The molecule has 238 valence electrons. The van der Waals surface area contributed by atoms with Crippen LogP contribution in [0.15, 0.2) is 48.5 Å². The lowest BCUT2D eigenvalue weighted by Gasteiger charge is -2.22. The van der Waals surface area contributed by atoms with Crippen molar-refractivity contribution < 1.29 is 47.4 Å². The number of Topliss-reactive ketones (excluding diaryl/α,β-unsaturated/α-hetero) is 2. The van der Waals surface area contributed by atoms with Crippen molar-refractivity contribution in [2.45, 2.75) is 71.3 Å². The van der Waals surface area contributed by atoms with Gasteiger partial charge in [0, 0.05) is 37.3 Å². The van der Waals surface area contributed by atoms with Gasteiger partial charge in [-0.15, -0.1) is 0 Å². The number of amides is 1. The number of nitrogens with one attached hydrogen (secondary N) is 1. The number of carboxylic acid groups (broad SMARTS) is 1. The van der Waals surface area contributed by atoms with Crippen LogP contribution in [-0.2, 0) is 39.4 Å². The third-order valence-corrected chi connectivity index (χ3v) is 9.28. The molecule has 2 aromatic carbocycles. The van der Waals surface area contributed by atoms with Crippen LogP contribution in [0.1, 0.15) is 80.3 Å². The second-order valence-corrected chi connectivity index (χ2v) is 12.8. The molecule has 0 spiro atoms. The highest BCUT2D eigenvalue weighted by molar-refractivity contribution is 7.54. The maximum atomic E-state index is 13.5. The van der Waals surface area contributed by atoms with E-state index in [1.807, 2.05) is 0 Å². The molecule has 3 unspecified atom stereocenters. The van der Waals surface area contributed by atoms with E-state index in [9.17, 15) is 33.6 Å². The quantitative estimate of drug-likeness (QED) is 0.137. The van der Waals surface area contributed by atoms with Crippen LogP contribution >= 0.6 is 7.60 Å². The fraction of sp³-hybridized carbons (Fsp3) is 0.469. The number of carboxylic acids is 1. The van der Waals surface area contributed by atoms with E-state index >= 15 is 0 Å². The minimum Gasteiger partial charge on any atom is -0.481 e. The van der Waals surface area contributed by atoms with Gasteiger partial charge in [0.1, 0.15) is 11.5 Å². The van der Waals surface area contributed by atoms with Crippen LogP contribution in [0.3, 0.4) is 0 Å². The average molecular weight is 630 g/mol. The number of aliphatic carboxylic acids is 1. The molecule has 4 atom stereocenters. The summed E-state index contributed by atoms with van der Waals surface area (Å²) in [5.74, 6) is -3.29. The van der Waals surface area contributed by atoms with Crippen LogP contribution in [0.25, 0.3) is 0 Å². The van der Waals surface area contributed by atoms with Crippen LogP contribution < -0.4 is 9.84 Å². The summed E-state index contributed by atoms with van der Waals surface area (Å²) in [4.78, 5) is 61.8. The van der Waals surface area contributed by atoms with Crippen LogP contribution in [0.5, 0.6) is 5.75 Å². The molecule has 2 aromatic rings. The number of benzene rings is 2. The second-order valence-electron chi connectivity index (χ2n) is 10.8. The van der Waals surface area contributed by atoms with E-state index in [0.717, 1.165) is 18.4 Å². The summed E-state index contributed by atoms with van der Waals surface area (Å²) in [6.07, 6.45) is 0.818. The number of para-hydroxylation sites is 1. The third-order valence-electron chi connectivity index (χ3n) is 7.38. The molecule has 0 saturated heterocycles. The molecule has 1 saturated carbocycles. The normalized spacial score (nSPS) is 17.2. The van der Waals surface area contributed by atoms with E-state index < -0.39 is 43.2 Å². The number of hydrogen-bond donors (Lipinski definition) is 2. The smallest absolute Gasteiger partial charge is 0.381 e. The summed E-state index contributed by atoms with van der Waals surface area (Å²) in [6, 6.07) is 13.3. The predicted octanol–water partition coefficient (Wildman–Crippen LogP) is 5.11. The van der Waals surface area contributed by atoms with E-state index in [2.05, 4.69) is 5.32 Å². The molecule has 3 rings (SSSR count). The van der Waals surface area contributed by atoms with Crippen LogP contribution in [0.4, 0.5) is 0 Å². The van der Waals surface area contributed by atoms with Crippen LogP contribution in [-0.4, -0.2) is 59.9 Å². The van der Waals surface area contributed by atoms with Gasteiger partial charge >= 0.3 is 19.5 Å². The van der Waals surface area contributed by atoms with Gasteiger partial charge in [0.25, 0.3) is 0 Å². The van der Waals surface area contributed by atoms with Gasteiger partial charge in [-0.3, -0.25) is 23.7 Å². The lowest BCUT2D eigenvalue weighted by molar-refractivity contribution is -0.150. The van der Waals surface area contributed by atoms with Crippen LogP contribution in [0.2, 0.25) is 0 Å². The van der Waals surface area contributed by atoms with Gasteiger partial charge in [-0.05, 0) is 69.4 Å². The van der Waals surface area contributed by atoms with E-state index in [-0.39, 0.29) is 55.2 Å². The molecule has 11 nitrogen and oxygen atoms in total. The summed E-state index contributed by atoms with van der Waals surface area (Å²) < 4.78 is 29.6. The topological polar surface area (TPSA) is 162 Å². The number of carbonyl (C=O) groups excluding carboxylic acids is 4. The molecule has 0 bridgehead atoms. The first-order chi connectivity index (χ1) is 20.9. The molecule has 12 heteroatoms. The molecule has 1 aliphatic carbocycles. The van der Waals surface area contributed by atoms with Crippen molar-refractivity contribution in [3.63, 3.8) is 0 Å². The summed E-state index contributed by atoms with van der Waals surface area (Å²) >= 11 is 0. The Hall–Kier alpha value is -3.82. The highest BCUT2D eigenvalue weighted by Gasteiger charge is 2.32. The molecule has 1 fully saturated rings. The fourth-order valence-electron chi connectivity index (χ4n) is 4.96. The monoisotopic (exact) mass is 629 g/mol. The average Bonchev–Trinajstić information content (AvgIpc) is 3.39. The number of ether oxygens (including phenoxy) is 1. The summed E-state index contributed by atoms with van der Waals surface area (Å²) in [7, 11) is -3.93. The van der Waals surface area contributed by atoms with E-state index in [1.54, 1.807) is 55.5 Å². The summed E-state index contributed by atoms with van der Waals surface area (Å²) in [5.41, 5.74) is 1.33. The molecule has 1 amide bonds. The minimum absolute atomic E-state index is 0.113. The minimum atomic E-state index is -3.93. The van der Waals surface area contributed by atoms with Crippen molar-refractivity contribution >= 4 is 37.0 Å². The number of rotatable bonds is 17. The zero-order valence-corrected chi connectivity index (χ0v) is 26.2. The van der Waals surface area contributed by atoms with E-state index in [0.29, 0.717) is 18.4 Å². The molecule has 2 N–H and O–H groups in total. The zero-order chi connectivity index (χ0) is 32.3. The van der Waals surface area contributed by atoms with Crippen molar-refractivity contribution in [3.05, 3.63) is 65.2 Å². The molecule has 0 aliphatic heterocycles.